The van der Waals surface area contributed by atoms with Crippen LogP contribution < -0.4 is 11.1 Å². The Labute approximate surface area is 114 Å². The number of amides is 1. The van der Waals surface area contributed by atoms with Crippen molar-refractivity contribution < 1.29 is 19.4 Å². The number of carboxylic acid groups (broad SMARTS) is 1. The summed E-state index contributed by atoms with van der Waals surface area (Å²) in [6.07, 6.45) is 0. The minimum atomic E-state index is -1.11. The average Bonchev–Trinajstić information content (AvgIpc) is 2.74. The van der Waals surface area contributed by atoms with Gasteiger partial charge in [0.05, 0.1) is 24.7 Å². The van der Waals surface area contributed by atoms with Crippen LogP contribution in [0.15, 0.2) is 18.2 Å². The minimum Gasteiger partial charge on any atom is -0.478 e. The van der Waals surface area contributed by atoms with E-state index in [1.165, 1.54) is 18.2 Å². The molecule has 2 unspecified atom stereocenters. The van der Waals surface area contributed by atoms with Gasteiger partial charge >= 0.3 is 5.97 Å². The van der Waals surface area contributed by atoms with Crippen molar-refractivity contribution in [1.82, 2.24) is 0 Å². The van der Waals surface area contributed by atoms with E-state index in [0.29, 0.717) is 12.3 Å². The number of nitrogens with one attached hydrogen (secondary N) is 1. The third kappa shape index (κ3) is 3.23. The smallest absolute Gasteiger partial charge is 0.335 e. The first-order valence-electron chi connectivity index (χ1n) is 5.65. The van der Waals surface area contributed by atoms with Gasteiger partial charge in [-0.3, -0.25) is 4.79 Å². The van der Waals surface area contributed by atoms with Crippen LogP contribution in [0.2, 0.25) is 5.02 Å². The van der Waals surface area contributed by atoms with Gasteiger partial charge in [0.25, 0.3) is 0 Å². The van der Waals surface area contributed by atoms with E-state index in [2.05, 4.69) is 5.32 Å². The van der Waals surface area contributed by atoms with Crippen LogP contribution in [0.25, 0.3) is 0 Å². The van der Waals surface area contributed by atoms with Gasteiger partial charge in [0, 0.05) is 16.8 Å². The number of anilines is 1. The molecule has 0 bridgehead atoms. The van der Waals surface area contributed by atoms with Crippen LogP contribution >= 0.6 is 11.6 Å². The normalized spacial score (nSPS) is 22.2. The van der Waals surface area contributed by atoms with Crippen LogP contribution in [-0.2, 0) is 9.53 Å². The van der Waals surface area contributed by atoms with Gasteiger partial charge < -0.3 is 20.9 Å². The van der Waals surface area contributed by atoms with E-state index in [0.717, 1.165) is 0 Å². The second-order valence-corrected chi connectivity index (χ2v) is 4.77. The van der Waals surface area contributed by atoms with E-state index in [4.69, 9.17) is 27.2 Å². The lowest BCUT2D eigenvalue weighted by Crippen LogP contribution is -2.37. The standard InChI is InChI=1S/C12H13ClN2O4/c13-7-1-6(12(17)18)2-8(3-7)15-11(16)9-4-19-5-10(9)14/h1-3,9-10H,4-5,14H2,(H,15,16)(H,17,18). The Balaban J connectivity index is 2.14. The van der Waals surface area contributed by atoms with Crippen LogP contribution in [0.3, 0.4) is 0 Å². The second kappa shape index (κ2) is 5.56. The molecule has 4 N–H and O–H groups in total. The van der Waals surface area contributed by atoms with Gasteiger partial charge in [-0.25, -0.2) is 4.79 Å². The van der Waals surface area contributed by atoms with E-state index in [1.54, 1.807) is 0 Å². The lowest BCUT2D eigenvalue weighted by Gasteiger charge is -2.13. The summed E-state index contributed by atoms with van der Waals surface area (Å²) >= 11 is 5.80. The van der Waals surface area contributed by atoms with Crippen molar-refractivity contribution in [3.05, 3.63) is 28.8 Å². The summed E-state index contributed by atoms with van der Waals surface area (Å²) in [7, 11) is 0. The number of nitrogens with two attached hydrogens (primary N) is 1. The van der Waals surface area contributed by atoms with Gasteiger partial charge in [-0.1, -0.05) is 11.6 Å². The molecule has 1 heterocycles. The molecule has 102 valence electrons. The second-order valence-electron chi connectivity index (χ2n) is 4.33. The molecule has 0 radical (unpaired) electrons. The number of halogens is 1. The molecule has 19 heavy (non-hydrogen) atoms. The highest BCUT2D eigenvalue weighted by Crippen LogP contribution is 2.21. The molecule has 0 saturated carbocycles. The van der Waals surface area contributed by atoms with Gasteiger partial charge in [-0.2, -0.15) is 0 Å². The SMILES string of the molecule is NC1COCC1C(=O)Nc1cc(Cl)cc(C(=O)O)c1. The molecular formula is C12H13ClN2O4. The molecule has 1 saturated heterocycles. The Morgan fingerprint density at radius 2 is 2.11 bits per heavy atom. The Morgan fingerprint density at radius 3 is 2.68 bits per heavy atom. The van der Waals surface area contributed by atoms with Gasteiger partial charge in [-0.15, -0.1) is 0 Å². The predicted molar refractivity (Wildman–Crippen MR) is 69.3 cm³/mol. The third-order valence-electron chi connectivity index (χ3n) is 2.87. The molecule has 7 heteroatoms. The van der Waals surface area contributed by atoms with Crippen molar-refractivity contribution in [3.63, 3.8) is 0 Å². The van der Waals surface area contributed by atoms with Crippen molar-refractivity contribution >= 4 is 29.2 Å². The van der Waals surface area contributed by atoms with Crippen molar-refractivity contribution in [2.45, 2.75) is 6.04 Å². The molecule has 1 aliphatic heterocycles. The van der Waals surface area contributed by atoms with Gasteiger partial charge in [0.2, 0.25) is 5.91 Å². The summed E-state index contributed by atoms with van der Waals surface area (Å²) in [6.45, 7) is 0.605. The molecule has 1 fully saturated rings. The molecule has 2 atom stereocenters. The maximum atomic E-state index is 12.0. The molecule has 0 aromatic heterocycles. The highest BCUT2D eigenvalue weighted by Gasteiger charge is 2.31. The zero-order valence-electron chi connectivity index (χ0n) is 9.93. The summed E-state index contributed by atoms with van der Waals surface area (Å²) in [5, 5.41) is 11.8. The molecular weight excluding hydrogens is 272 g/mol. The van der Waals surface area contributed by atoms with E-state index in [1.807, 2.05) is 0 Å². The van der Waals surface area contributed by atoms with E-state index >= 15 is 0 Å². The molecule has 6 nitrogen and oxygen atoms in total. The molecule has 1 aromatic rings. The Morgan fingerprint density at radius 1 is 1.37 bits per heavy atom. The number of hydrogen-bond acceptors (Lipinski definition) is 4. The number of carbonyl (C=O) groups excluding carboxylic acids is 1. The molecule has 0 spiro atoms. The van der Waals surface area contributed by atoms with E-state index < -0.39 is 11.9 Å². The minimum absolute atomic E-state index is 0.00905. The van der Waals surface area contributed by atoms with Crippen LogP contribution in [0, 0.1) is 5.92 Å². The molecule has 2 rings (SSSR count). The summed E-state index contributed by atoms with van der Waals surface area (Å²) in [4.78, 5) is 22.8. The maximum Gasteiger partial charge on any atom is 0.335 e. The van der Waals surface area contributed by atoms with Gasteiger partial charge in [0.1, 0.15) is 0 Å². The van der Waals surface area contributed by atoms with Crippen LogP contribution in [0.4, 0.5) is 5.69 Å². The maximum absolute atomic E-state index is 12.0. The number of carbonyl (C=O) groups is 2. The van der Waals surface area contributed by atoms with Crippen molar-refractivity contribution in [2.24, 2.45) is 11.7 Å². The van der Waals surface area contributed by atoms with Crippen LogP contribution in [0.5, 0.6) is 0 Å². The summed E-state index contributed by atoms with van der Waals surface area (Å²) < 4.78 is 5.11. The fourth-order valence-electron chi connectivity index (χ4n) is 1.86. The monoisotopic (exact) mass is 284 g/mol. The number of aromatic carboxylic acids is 1. The highest BCUT2D eigenvalue weighted by atomic mass is 35.5. The van der Waals surface area contributed by atoms with E-state index in [-0.39, 0.29) is 29.1 Å². The summed E-state index contributed by atoms with van der Waals surface area (Å²) in [6, 6.07) is 3.78. The average molecular weight is 285 g/mol. The summed E-state index contributed by atoms with van der Waals surface area (Å²) in [5.74, 6) is -1.85. The van der Waals surface area contributed by atoms with Gasteiger partial charge in [0.15, 0.2) is 0 Å². The van der Waals surface area contributed by atoms with Crippen molar-refractivity contribution in [3.8, 4) is 0 Å². The molecule has 1 aromatic carbocycles. The first-order valence-corrected chi connectivity index (χ1v) is 6.03. The lowest BCUT2D eigenvalue weighted by molar-refractivity contribution is -0.120. The molecule has 1 aliphatic rings. The number of carboxylic acids is 1. The Kier molecular flexibility index (Phi) is 4.04. The van der Waals surface area contributed by atoms with Crippen molar-refractivity contribution in [1.29, 1.82) is 0 Å². The lowest BCUT2D eigenvalue weighted by atomic mass is 10.0. The highest BCUT2D eigenvalue weighted by molar-refractivity contribution is 6.31. The third-order valence-corrected chi connectivity index (χ3v) is 3.09. The van der Waals surface area contributed by atoms with E-state index in [9.17, 15) is 9.59 Å². The summed E-state index contributed by atoms with van der Waals surface area (Å²) in [5.41, 5.74) is 6.07. The number of benzene rings is 1. The predicted octanol–water partition coefficient (Wildman–Crippen LogP) is 0.950. The largest absolute Gasteiger partial charge is 0.478 e. The zero-order chi connectivity index (χ0) is 14.0. The first-order chi connectivity index (χ1) is 8.97. The number of hydrogen-bond donors (Lipinski definition) is 3. The molecule has 0 aliphatic carbocycles. The van der Waals surface area contributed by atoms with Gasteiger partial charge in [-0.05, 0) is 18.2 Å². The Hall–Kier alpha value is -1.63. The molecule has 1 amide bonds. The fourth-order valence-corrected chi connectivity index (χ4v) is 2.10. The Bertz CT molecular complexity index is 520. The van der Waals surface area contributed by atoms with Crippen LogP contribution in [-0.4, -0.2) is 36.2 Å². The van der Waals surface area contributed by atoms with Crippen LogP contribution in [0.1, 0.15) is 10.4 Å². The fraction of sp³-hybridized carbons (Fsp3) is 0.333. The first kappa shape index (κ1) is 13.8. The number of rotatable bonds is 3. The van der Waals surface area contributed by atoms with Crippen molar-refractivity contribution in [2.75, 3.05) is 18.5 Å². The number of ether oxygens (including phenoxy) is 1. The quantitative estimate of drug-likeness (QED) is 0.767. The zero-order valence-corrected chi connectivity index (χ0v) is 10.7. The topological polar surface area (TPSA) is 102 Å².